The lowest BCUT2D eigenvalue weighted by Crippen LogP contribution is -2.14. The van der Waals surface area contributed by atoms with E-state index in [9.17, 15) is 13.2 Å². The van der Waals surface area contributed by atoms with Gasteiger partial charge in [-0.3, -0.25) is 14.5 Å². The molecule has 2 N–H and O–H groups in total. The fraction of sp³-hybridized carbons (Fsp3) is 0.130. The lowest BCUT2D eigenvalue weighted by molar-refractivity contribution is -0.110. The molecule has 1 aromatic heterocycles. The molecule has 1 amide bonds. The number of hydrogen-bond acceptors (Lipinski definition) is 5. The van der Waals surface area contributed by atoms with Crippen LogP contribution < -0.4 is 14.8 Å². The quantitative estimate of drug-likeness (QED) is 0.582. The summed E-state index contributed by atoms with van der Waals surface area (Å²) in [6.45, 7) is 3.69. The van der Waals surface area contributed by atoms with Crippen LogP contribution in [0, 0.1) is 0 Å². The summed E-state index contributed by atoms with van der Waals surface area (Å²) in [5.74, 6) is 0.0235. The largest absolute Gasteiger partial charge is 0.495 e. The van der Waals surface area contributed by atoms with E-state index in [1.807, 2.05) is 19.9 Å². The molecule has 4 rings (SSSR count). The van der Waals surface area contributed by atoms with Gasteiger partial charge in [0, 0.05) is 34.7 Å². The first-order valence-corrected chi connectivity index (χ1v) is 11.0. The Morgan fingerprint density at radius 2 is 1.81 bits per heavy atom. The lowest BCUT2D eigenvalue weighted by atomic mass is 9.97. The highest BCUT2D eigenvalue weighted by Gasteiger charge is 2.29. The first-order chi connectivity index (χ1) is 14.8. The molecule has 8 heteroatoms. The van der Waals surface area contributed by atoms with Gasteiger partial charge in [0.25, 0.3) is 15.9 Å². The number of rotatable bonds is 5. The van der Waals surface area contributed by atoms with Gasteiger partial charge in [-0.05, 0) is 44.2 Å². The number of hydrogen-bond donors (Lipinski definition) is 2. The van der Waals surface area contributed by atoms with E-state index in [4.69, 9.17) is 4.74 Å². The van der Waals surface area contributed by atoms with Crippen LogP contribution in [0.2, 0.25) is 0 Å². The van der Waals surface area contributed by atoms with E-state index in [1.54, 1.807) is 48.8 Å². The normalized spacial score (nSPS) is 12.9. The number of nitrogens with zero attached hydrogens (tertiary/aromatic N) is 1. The summed E-state index contributed by atoms with van der Waals surface area (Å²) < 4.78 is 34.1. The van der Waals surface area contributed by atoms with Crippen molar-refractivity contribution in [2.24, 2.45) is 0 Å². The summed E-state index contributed by atoms with van der Waals surface area (Å²) in [5, 5.41) is 2.91. The van der Waals surface area contributed by atoms with Gasteiger partial charge in [-0.1, -0.05) is 23.8 Å². The van der Waals surface area contributed by atoms with Crippen LogP contribution >= 0.6 is 0 Å². The molecule has 0 saturated carbocycles. The Kier molecular flexibility index (Phi) is 5.24. The number of carbonyl (C=O) groups is 1. The van der Waals surface area contributed by atoms with Gasteiger partial charge in [0.2, 0.25) is 0 Å². The third kappa shape index (κ3) is 3.77. The summed E-state index contributed by atoms with van der Waals surface area (Å²) in [5.41, 5.74) is 4.40. The van der Waals surface area contributed by atoms with E-state index >= 15 is 0 Å². The Bertz CT molecular complexity index is 1310. The van der Waals surface area contributed by atoms with E-state index < -0.39 is 10.0 Å². The molecule has 0 radical (unpaired) electrons. The number of benzene rings is 2. The van der Waals surface area contributed by atoms with E-state index in [0.717, 1.165) is 11.1 Å². The molecule has 1 aliphatic rings. The minimum atomic E-state index is -3.94. The molecular weight excluding hydrogens is 414 g/mol. The van der Waals surface area contributed by atoms with Crippen LogP contribution in [0.15, 0.2) is 71.4 Å². The van der Waals surface area contributed by atoms with Crippen molar-refractivity contribution in [3.8, 4) is 16.9 Å². The number of aromatic nitrogens is 1. The van der Waals surface area contributed by atoms with Gasteiger partial charge in [-0.2, -0.15) is 0 Å². The average molecular weight is 436 g/mol. The Morgan fingerprint density at radius 1 is 1.06 bits per heavy atom. The van der Waals surface area contributed by atoms with E-state index in [2.05, 4.69) is 15.0 Å². The van der Waals surface area contributed by atoms with E-state index in [-0.39, 0.29) is 16.6 Å². The Hall–Kier alpha value is -3.65. The summed E-state index contributed by atoms with van der Waals surface area (Å²) in [4.78, 5) is 16.8. The predicted molar refractivity (Wildman–Crippen MR) is 120 cm³/mol. The highest BCUT2D eigenvalue weighted by Crippen LogP contribution is 2.43. The highest BCUT2D eigenvalue weighted by molar-refractivity contribution is 7.92. The molecule has 0 saturated heterocycles. The van der Waals surface area contributed by atoms with Crippen molar-refractivity contribution in [1.29, 1.82) is 0 Å². The standard InChI is InChI=1S/C23H21N3O4S/c1-14(2)21-18-12-16(26-31(28,29)20-9-5-4-8-19(20)30-3)11-17(22(18)25-23(21)27)15-7-6-10-24-13-15/h4-13,26H,1-3H3,(H,25,27). The monoisotopic (exact) mass is 435 g/mol. The Balaban J connectivity index is 1.89. The minimum absolute atomic E-state index is 0.0255. The number of fused-ring (bicyclic) bond motifs is 1. The highest BCUT2D eigenvalue weighted by atomic mass is 32.2. The van der Waals surface area contributed by atoms with Crippen molar-refractivity contribution in [3.63, 3.8) is 0 Å². The predicted octanol–water partition coefficient (Wildman–Crippen LogP) is 4.30. The molecule has 2 aromatic carbocycles. The number of nitrogens with one attached hydrogen (secondary N) is 2. The summed E-state index contributed by atoms with van der Waals surface area (Å²) in [6.07, 6.45) is 3.32. The maximum atomic E-state index is 13.1. The number of para-hydroxylation sites is 1. The fourth-order valence-corrected chi connectivity index (χ4v) is 4.84. The number of sulfonamides is 1. The molecule has 0 fully saturated rings. The zero-order chi connectivity index (χ0) is 22.2. The van der Waals surface area contributed by atoms with Crippen LogP contribution in [-0.2, 0) is 14.8 Å². The fourth-order valence-electron chi connectivity index (χ4n) is 3.63. The maximum absolute atomic E-state index is 13.1. The number of carbonyl (C=O) groups excluding carboxylic acids is 1. The van der Waals surface area contributed by atoms with Crippen LogP contribution in [0.3, 0.4) is 0 Å². The second-order valence-corrected chi connectivity index (χ2v) is 8.92. The van der Waals surface area contributed by atoms with Crippen LogP contribution in [0.1, 0.15) is 19.4 Å². The first-order valence-electron chi connectivity index (χ1n) is 9.55. The van der Waals surface area contributed by atoms with Gasteiger partial charge in [0.15, 0.2) is 0 Å². The van der Waals surface area contributed by atoms with Crippen molar-refractivity contribution in [3.05, 3.63) is 72.1 Å². The average Bonchev–Trinajstić information content (AvgIpc) is 3.09. The van der Waals surface area contributed by atoms with Gasteiger partial charge in [0.05, 0.1) is 18.5 Å². The minimum Gasteiger partial charge on any atom is -0.495 e. The number of allylic oxidation sites excluding steroid dienone is 1. The molecule has 0 spiro atoms. The number of amides is 1. The molecule has 0 bridgehead atoms. The lowest BCUT2D eigenvalue weighted by Gasteiger charge is -2.15. The zero-order valence-electron chi connectivity index (χ0n) is 17.3. The molecule has 0 aliphatic carbocycles. The van der Waals surface area contributed by atoms with Crippen LogP contribution in [-0.4, -0.2) is 26.4 Å². The summed E-state index contributed by atoms with van der Waals surface area (Å²) in [6, 6.07) is 13.4. The second-order valence-electron chi connectivity index (χ2n) is 7.27. The topological polar surface area (TPSA) is 97.4 Å². The molecule has 0 unspecified atom stereocenters. The number of methoxy groups -OCH3 is 1. The first kappa shape index (κ1) is 20.6. The molecule has 0 atom stereocenters. The third-order valence-electron chi connectivity index (χ3n) is 4.96. The molecule has 2 heterocycles. The van der Waals surface area contributed by atoms with Crippen LogP contribution in [0.5, 0.6) is 5.75 Å². The van der Waals surface area contributed by atoms with E-state index in [0.29, 0.717) is 28.1 Å². The van der Waals surface area contributed by atoms with Crippen LogP contribution in [0.25, 0.3) is 16.7 Å². The third-order valence-corrected chi connectivity index (χ3v) is 6.38. The van der Waals surface area contributed by atoms with Gasteiger partial charge >= 0.3 is 0 Å². The van der Waals surface area contributed by atoms with Crippen LogP contribution in [0.4, 0.5) is 11.4 Å². The molecule has 1 aliphatic heterocycles. The maximum Gasteiger partial charge on any atom is 0.265 e. The van der Waals surface area contributed by atoms with Crippen molar-refractivity contribution >= 4 is 32.9 Å². The summed E-state index contributed by atoms with van der Waals surface area (Å²) in [7, 11) is -2.52. The number of pyridine rings is 1. The number of ether oxygens (including phenoxy) is 1. The van der Waals surface area contributed by atoms with Crippen molar-refractivity contribution in [1.82, 2.24) is 4.98 Å². The van der Waals surface area contributed by atoms with Crippen molar-refractivity contribution in [2.75, 3.05) is 17.1 Å². The molecule has 158 valence electrons. The molecule has 3 aromatic rings. The molecule has 7 nitrogen and oxygen atoms in total. The zero-order valence-corrected chi connectivity index (χ0v) is 18.1. The Morgan fingerprint density at radius 3 is 2.48 bits per heavy atom. The second kappa shape index (κ2) is 7.88. The smallest absolute Gasteiger partial charge is 0.265 e. The van der Waals surface area contributed by atoms with Crippen molar-refractivity contribution in [2.45, 2.75) is 18.7 Å². The van der Waals surface area contributed by atoms with Crippen molar-refractivity contribution < 1.29 is 17.9 Å². The van der Waals surface area contributed by atoms with E-state index in [1.165, 1.54) is 13.2 Å². The number of anilines is 2. The SMILES string of the molecule is COc1ccccc1S(=O)(=O)Nc1cc2c(c(-c3cccnc3)c1)NC(=O)C2=C(C)C. The molecular formula is C23H21N3O4S. The summed E-state index contributed by atoms with van der Waals surface area (Å²) >= 11 is 0. The van der Waals surface area contributed by atoms with Gasteiger partial charge < -0.3 is 10.1 Å². The Labute approximate surface area is 180 Å². The van der Waals surface area contributed by atoms with Gasteiger partial charge in [-0.25, -0.2) is 8.42 Å². The molecule has 31 heavy (non-hydrogen) atoms. The van der Waals surface area contributed by atoms with Gasteiger partial charge in [0.1, 0.15) is 10.6 Å². The van der Waals surface area contributed by atoms with Gasteiger partial charge in [-0.15, -0.1) is 0 Å².